The number of aryl methyl sites for hydroxylation is 2. The Hall–Kier alpha value is -2.02. The summed E-state index contributed by atoms with van der Waals surface area (Å²) in [5.74, 6) is 0. The zero-order valence-corrected chi connectivity index (χ0v) is 10.5. The summed E-state index contributed by atoms with van der Waals surface area (Å²) in [6.07, 6.45) is 1.25. The topological polar surface area (TPSA) is 26.0 Å². The lowest BCUT2D eigenvalue weighted by Crippen LogP contribution is -1.82. The minimum atomic E-state index is 1.25. The summed E-state index contributed by atoms with van der Waals surface area (Å²) in [4.78, 5) is 0. The number of rotatable bonds is 1. The van der Waals surface area contributed by atoms with Gasteiger partial charge in [-0.2, -0.15) is 0 Å². The Bertz CT molecular complexity index is 469. The highest BCUT2D eigenvalue weighted by molar-refractivity contribution is 5.67. The zero-order chi connectivity index (χ0) is 12.7. The highest BCUT2D eigenvalue weighted by Gasteiger charge is 1.98. The van der Waals surface area contributed by atoms with E-state index in [-0.39, 0.29) is 0 Å². The SMILES string of the molecule is C=CN.Cc1ccc(-c2ccccc2C)cc1. The van der Waals surface area contributed by atoms with Crippen LogP contribution in [0.15, 0.2) is 61.3 Å². The molecule has 0 aromatic heterocycles. The van der Waals surface area contributed by atoms with E-state index in [1.54, 1.807) is 0 Å². The minimum absolute atomic E-state index is 1.25. The fourth-order valence-electron chi connectivity index (χ4n) is 1.63. The number of benzene rings is 2. The van der Waals surface area contributed by atoms with Crippen LogP contribution >= 0.6 is 0 Å². The van der Waals surface area contributed by atoms with Crippen molar-refractivity contribution in [3.05, 3.63) is 72.4 Å². The van der Waals surface area contributed by atoms with E-state index in [0.29, 0.717) is 0 Å². The maximum Gasteiger partial charge on any atom is -0.0136 e. The lowest BCUT2D eigenvalue weighted by molar-refractivity contribution is 1.43. The zero-order valence-electron chi connectivity index (χ0n) is 10.5. The first-order valence-electron chi connectivity index (χ1n) is 5.64. The van der Waals surface area contributed by atoms with E-state index in [1.807, 2.05) is 0 Å². The number of hydrogen-bond acceptors (Lipinski definition) is 1. The molecule has 17 heavy (non-hydrogen) atoms. The third-order valence-corrected chi connectivity index (χ3v) is 2.51. The molecular weight excluding hydrogens is 206 g/mol. The molecule has 0 fully saturated rings. The highest BCUT2D eigenvalue weighted by atomic mass is 14.5. The van der Waals surface area contributed by atoms with Gasteiger partial charge >= 0.3 is 0 Å². The van der Waals surface area contributed by atoms with Gasteiger partial charge in [0.1, 0.15) is 0 Å². The van der Waals surface area contributed by atoms with Gasteiger partial charge < -0.3 is 5.73 Å². The van der Waals surface area contributed by atoms with Crippen LogP contribution < -0.4 is 5.73 Å². The molecule has 1 nitrogen and oxygen atoms in total. The normalized spacial score (nSPS) is 9.06. The van der Waals surface area contributed by atoms with Crippen LogP contribution in [-0.4, -0.2) is 0 Å². The van der Waals surface area contributed by atoms with E-state index in [4.69, 9.17) is 0 Å². The van der Waals surface area contributed by atoms with Crippen LogP contribution in [0.4, 0.5) is 0 Å². The molecular formula is C16H19N. The lowest BCUT2D eigenvalue weighted by Gasteiger charge is -2.05. The van der Waals surface area contributed by atoms with Gasteiger partial charge in [0.2, 0.25) is 0 Å². The Labute approximate surface area is 104 Å². The van der Waals surface area contributed by atoms with Crippen LogP contribution in [0.25, 0.3) is 11.1 Å². The van der Waals surface area contributed by atoms with Crippen LogP contribution in [0.3, 0.4) is 0 Å². The maximum absolute atomic E-state index is 4.61. The van der Waals surface area contributed by atoms with Crippen molar-refractivity contribution in [3.63, 3.8) is 0 Å². The molecule has 0 radical (unpaired) electrons. The fraction of sp³-hybridized carbons (Fsp3) is 0.125. The molecule has 0 bridgehead atoms. The molecule has 2 aromatic rings. The largest absolute Gasteiger partial charge is 0.405 e. The number of nitrogens with two attached hydrogens (primary N) is 1. The predicted octanol–water partition coefficient (Wildman–Crippen LogP) is 4.06. The molecule has 0 saturated carbocycles. The van der Waals surface area contributed by atoms with Crippen LogP contribution in [0, 0.1) is 13.8 Å². The van der Waals surface area contributed by atoms with Crippen molar-refractivity contribution in [2.45, 2.75) is 13.8 Å². The summed E-state index contributed by atoms with van der Waals surface area (Å²) in [7, 11) is 0. The van der Waals surface area contributed by atoms with Gasteiger partial charge in [0.25, 0.3) is 0 Å². The Morgan fingerprint density at radius 3 is 2.00 bits per heavy atom. The highest BCUT2D eigenvalue weighted by Crippen LogP contribution is 2.22. The Kier molecular flexibility index (Phi) is 5.02. The summed E-state index contributed by atoms with van der Waals surface area (Å²) in [5, 5.41) is 0. The Morgan fingerprint density at radius 2 is 1.47 bits per heavy atom. The van der Waals surface area contributed by atoms with E-state index in [1.165, 1.54) is 28.5 Å². The van der Waals surface area contributed by atoms with Crippen molar-refractivity contribution >= 4 is 0 Å². The van der Waals surface area contributed by atoms with Gasteiger partial charge in [0, 0.05) is 0 Å². The molecule has 0 unspecified atom stereocenters. The second-order valence-electron chi connectivity index (χ2n) is 3.92. The van der Waals surface area contributed by atoms with Gasteiger partial charge in [-0.05, 0) is 36.7 Å². The molecule has 0 aliphatic rings. The van der Waals surface area contributed by atoms with Crippen LogP contribution in [0.1, 0.15) is 11.1 Å². The first kappa shape index (κ1) is 13.0. The average molecular weight is 225 g/mol. The second kappa shape index (κ2) is 6.54. The third kappa shape index (κ3) is 3.80. The molecule has 2 N–H and O–H groups in total. The van der Waals surface area contributed by atoms with E-state index in [0.717, 1.165) is 0 Å². The first-order chi connectivity index (χ1) is 8.19. The molecule has 0 atom stereocenters. The van der Waals surface area contributed by atoms with Crippen molar-refractivity contribution in [1.29, 1.82) is 0 Å². The summed E-state index contributed by atoms with van der Waals surface area (Å²) >= 11 is 0. The first-order valence-corrected chi connectivity index (χ1v) is 5.64. The van der Waals surface area contributed by atoms with Crippen LogP contribution in [-0.2, 0) is 0 Å². The van der Waals surface area contributed by atoms with Crippen LogP contribution in [0.2, 0.25) is 0 Å². The van der Waals surface area contributed by atoms with Crippen molar-refractivity contribution in [2.75, 3.05) is 0 Å². The third-order valence-electron chi connectivity index (χ3n) is 2.51. The molecule has 88 valence electrons. The molecule has 2 rings (SSSR count). The van der Waals surface area contributed by atoms with E-state index < -0.39 is 0 Å². The molecule has 0 spiro atoms. The van der Waals surface area contributed by atoms with Crippen molar-refractivity contribution < 1.29 is 0 Å². The van der Waals surface area contributed by atoms with Gasteiger partial charge in [-0.3, -0.25) is 0 Å². The smallest absolute Gasteiger partial charge is 0.0136 e. The van der Waals surface area contributed by atoms with Gasteiger partial charge in [0.15, 0.2) is 0 Å². The fourth-order valence-corrected chi connectivity index (χ4v) is 1.63. The van der Waals surface area contributed by atoms with Crippen molar-refractivity contribution in [2.24, 2.45) is 5.73 Å². The average Bonchev–Trinajstić information content (AvgIpc) is 2.32. The van der Waals surface area contributed by atoms with Gasteiger partial charge in [0.05, 0.1) is 0 Å². The Balaban J connectivity index is 0.000000437. The summed E-state index contributed by atoms with van der Waals surface area (Å²) in [5.41, 5.74) is 9.87. The van der Waals surface area contributed by atoms with Crippen molar-refractivity contribution in [3.8, 4) is 11.1 Å². The minimum Gasteiger partial charge on any atom is -0.405 e. The van der Waals surface area contributed by atoms with Crippen LogP contribution in [0.5, 0.6) is 0 Å². The lowest BCUT2D eigenvalue weighted by atomic mass is 10.00. The molecule has 0 amide bonds. The van der Waals surface area contributed by atoms with Gasteiger partial charge in [-0.15, -0.1) is 0 Å². The molecule has 0 saturated heterocycles. The number of hydrogen-bond donors (Lipinski definition) is 1. The molecule has 0 heterocycles. The van der Waals surface area contributed by atoms with E-state index in [9.17, 15) is 0 Å². The molecule has 1 heteroatoms. The summed E-state index contributed by atoms with van der Waals surface area (Å²) in [6, 6.07) is 17.1. The van der Waals surface area contributed by atoms with Crippen molar-refractivity contribution in [1.82, 2.24) is 0 Å². The molecule has 0 aliphatic heterocycles. The summed E-state index contributed by atoms with van der Waals surface area (Å²) < 4.78 is 0. The van der Waals surface area contributed by atoms with Gasteiger partial charge in [-0.1, -0.05) is 60.7 Å². The monoisotopic (exact) mass is 225 g/mol. The standard InChI is InChI=1S/C14H14.C2H5N/c1-11-7-9-13(10-8-11)14-6-4-3-5-12(14)2;1-2-3/h3-10H,1-2H3;2H,1,3H2. The van der Waals surface area contributed by atoms with E-state index >= 15 is 0 Å². The maximum atomic E-state index is 4.61. The summed E-state index contributed by atoms with van der Waals surface area (Å²) in [6.45, 7) is 7.40. The molecule has 2 aromatic carbocycles. The quantitative estimate of drug-likeness (QED) is 0.778. The second-order valence-corrected chi connectivity index (χ2v) is 3.92. The molecule has 0 aliphatic carbocycles. The Morgan fingerprint density at radius 1 is 0.941 bits per heavy atom. The predicted molar refractivity (Wildman–Crippen MR) is 75.7 cm³/mol. The van der Waals surface area contributed by atoms with E-state index in [2.05, 4.69) is 74.7 Å². The van der Waals surface area contributed by atoms with Gasteiger partial charge in [-0.25, -0.2) is 0 Å².